The van der Waals surface area contributed by atoms with Crippen molar-refractivity contribution in [1.82, 2.24) is 4.40 Å². The molecule has 0 radical (unpaired) electrons. The molecule has 0 aliphatic carbocycles. The molecule has 0 aliphatic rings. The fourth-order valence-corrected chi connectivity index (χ4v) is 3.79. The zero-order valence-corrected chi connectivity index (χ0v) is 15.9. The van der Waals surface area contributed by atoms with E-state index in [1.165, 1.54) is 25.3 Å². The predicted octanol–water partition coefficient (Wildman–Crippen LogP) is 5.02. The van der Waals surface area contributed by atoms with Gasteiger partial charge in [0.15, 0.2) is 0 Å². The van der Waals surface area contributed by atoms with E-state index >= 15 is 0 Å². The Bertz CT molecular complexity index is 1280. The van der Waals surface area contributed by atoms with Gasteiger partial charge in [-0.1, -0.05) is 19.1 Å². The molecule has 30 heavy (non-hydrogen) atoms. The number of carbonyl (C=O) groups is 2. The zero-order chi connectivity index (χ0) is 21.6. The highest BCUT2D eigenvalue weighted by molar-refractivity contribution is 6.03. The van der Waals surface area contributed by atoms with Crippen LogP contribution in [0.4, 0.5) is 14.0 Å². The Morgan fingerprint density at radius 1 is 1.00 bits per heavy atom. The lowest BCUT2D eigenvalue weighted by Crippen LogP contribution is -2.07. The van der Waals surface area contributed by atoms with Gasteiger partial charge in [0, 0.05) is 17.7 Å². The van der Waals surface area contributed by atoms with Gasteiger partial charge in [-0.25, -0.2) is 14.0 Å². The van der Waals surface area contributed by atoms with Crippen LogP contribution in [0, 0.1) is 5.82 Å². The molecule has 4 aromatic rings. The third-order valence-corrected chi connectivity index (χ3v) is 4.87. The second-order valence-corrected chi connectivity index (χ2v) is 6.46. The first-order valence-electron chi connectivity index (χ1n) is 8.93. The van der Waals surface area contributed by atoms with Crippen molar-refractivity contribution in [2.45, 2.75) is 13.3 Å². The van der Waals surface area contributed by atoms with Gasteiger partial charge in [-0.15, -0.1) is 0 Å². The largest absolute Gasteiger partial charge is 0.511 e. The van der Waals surface area contributed by atoms with Crippen molar-refractivity contribution in [3.63, 3.8) is 0 Å². The number of methoxy groups -OCH3 is 1. The van der Waals surface area contributed by atoms with Gasteiger partial charge in [-0.3, -0.25) is 0 Å². The number of hydrogen-bond acceptors (Lipinski definition) is 5. The van der Waals surface area contributed by atoms with Crippen LogP contribution in [-0.4, -0.2) is 34.0 Å². The minimum Gasteiger partial charge on any atom is -0.497 e. The Morgan fingerprint density at radius 3 is 2.17 bits per heavy atom. The van der Waals surface area contributed by atoms with Crippen molar-refractivity contribution in [3.05, 3.63) is 47.8 Å². The van der Waals surface area contributed by atoms with Crippen molar-refractivity contribution in [3.8, 4) is 28.4 Å². The molecule has 0 spiro atoms. The number of hydrogen-bond donors (Lipinski definition) is 2. The average molecular weight is 413 g/mol. The normalized spacial score (nSPS) is 11.2. The number of nitrogens with zero attached hydrogens (tertiary/aromatic N) is 1. The lowest BCUT2D eigenvalue weighted by Gasteiger charge is -2.08. The molecule has 1 aromatic carbocycles. The fourth-order valence-electron chi connectivity index (χ4n) is 3.79. The van der Waals surface area contributed by atoms with E-state index in [2.05, 4.69) is 0 Å². The van der Waals surface area contributed by atoms with Gasteiger partial charge in [0.2, 0.25) is 11.5 Å². The number of ether oxygens (including phenoxy) is 3. The van der Waals surface area contributed by atoms with Crippen molar-refractivity contribution in [2.24, 2.45) is 0 Å². The van der Waals surface area contributed by atoms with Crippen LogP contribution in [0.25, 0.3) is 27.7 Å². The molecule has 0 fully saturated rings. The van der Waals surface area contributed by atoms with Gasteiger partial charge in [-0.05, 0) is 29.7 Å². The van der Waals surface area contributed by atoms with Crippen molar-refractivity contribution in [2.75, 3.05) is 7.11 Å². The van der Waals surface area contributed by atoms with Crippen LogP contribution in [0.3, 0.4) is 0 Å². The second-order valence-electron chi connectivity index (χ2n) is 6.46. The summed E-state index contributed by atoms with van der Waals surface area (Å²) >= 11 is 0. The standard InChI is InChI=1S/C21H16FNO7/c1-3-13-14-8-12(28-2)9-15-18(29-20(24)25)19(30-21(26)27)17(23(14)15)16(13)10-4-6-11(22)7-5-10/h4-9H,3H2,1-2H3,(H,24,25)(H,26,27). The van der Waals surface area contributed by atoms with E-state index in [1.807, 2.05) is 6.92 Å². The fraction of sp³-hybridized carbons (Fsp3) is 0.143. The number of halogens is 1. The molecule has 0 saturated heterocycles. The van der Waals surface area contributed by atoms with Crippen LogP contribution >= 0.6 is 0 Å². The molecule has 3 heterocycles. The van der Waals surface area contributed by atoms with Crippen LogP contribution in [0.5, 0.6) is 17.2 Å². The van der Waals surface area contributed by atoms with Gasteiger partial charge >= 0.3 is 12.3 Å². The molecular weight excluding hydrogens is 397 g/mol. The molecular formula is C21H16FNO7. The highest BCUT2D eigenvalue weighted by atomic mass is 19.1. The van der Waals surface area contributed by atoms with Crippen LogP contribution in [0.1, 0.15) is 12.5 Å². The Morgan fingerprint density at radius 2 is 1.60 bits per heavy atom. The predicted molar refractivity (Wildman–Crippen MR) is 105 cm³/mol. The molecule has 0 bridgehead atoms. The van der Waals surface area contributed by atoms with Crippen LogP contribution < -0.4 is 14.2 Å². The molecule has 0 unspecified atom stereocenters. The average Bonchev–Trinajstić information content (AvgIpc) is 3.18. The topological polar surface area (TPSA) is 107 Å². The monoisotopic (exact) mass is 413 g/mol. The molecule has 0 amide bonds. The highest BCUT2D eigenvalue weighted by Gasteiger charge is 2.31. The number of rotatable bonds is 5. The highest BCUT2D eigenvalue weighted by Crippen LogP contribution is 2.50. The van der Waals surface area contributed by atoms with Gasteiger partial charge in [-0.2, -0.15) is 0 Å². The van der Waals surface area contributed by atoms with E-state index in [0.717, 1.165) is 5.56 Å². The maximum atomic E-state index is 13.5. The molecule has 0 saturated carbocycles. The quantitative estimate of drug-likeness (QED) is 0.442. The lowest BCUT2D eigenvalue weighted by molar-refractivity contribution is 0.134. The Labute approximate surface area is 169 Å². The number of pyridine rings is 1. The van der Waals surface area contributed by atoms with Crippen molar-refractivity contribution in [1.29, 1.82) is 0 Å². The molecule has 8 nitrogen and oxygen atoms in total. The number of carboxylic acid groups (broad SMARTS) is 2. The SMILES string of the molecule is CCc1c(-c2ccc(F)cc2)c2c(OC(=O)O)c(OC(=O)O)c3cc(OC)cc1n32. The van der Waals surface area contributed by atoms with Gasteiger partial charge in [0.25, 0.3) is 0 Å². The summed E-state index contributed by atoms with van der Waals surface area (Å²) < 4.78 is 30.4. The Balaban J connectivity index is 2.21. The second kappa shape index (κ2) is 7.11. The van der Waals surface area contributed by atoms with E-state index < -0.39 is 18.1 Å². The molecule has 4 rings (SSSR count). The number of benzene rings is 1. The molecule has 0 atom stereocenters. The Kier molecular flexibility index (Phi) is 4.57. The first-order valence-corrected chi connectivity index (χ1v) is 8.93. The Hall–Kier alpha value is -4.01. The van der Waals surface area contributed by atoms with E-state index in [0.29, 0.717) is 34.3 Å². The third-order valence-electron chi connectivity index (χ3n) is 4.87. The summed E-state index contributed by atoms with van der Waals surface area (Å²) in [7, 11) is 1.46. The lowest BCUT2D eigenvalue weighted by atomic mass is 9.99. The van der Waals surface area contributed by atoms with E-state index in [4.69, 9.17) is 14.2 Å². The number of aromatic nitrogens is 1. The van der Waals surface area contributed by atoms with E-state index in [9.17, 15) is 24.2 Å². The summed E-state index contributed by atoms with van der Waals surface area (Å²) in [5.74, 6) is -0.534. The van der Waals surface area contributed by atoms with Crippen LogP contribution in [0.2, 0.25) is 0 Å². The smallest absolute Gasteiger partial charge is 0.497 e. The van der Waals surface area contributed by atoms with Gasteiger partial charge in [0.05, 0.1) is 18.1 Å². The third kappa shape index (κ3) is 2.91. The molecule has 0 aliphatic heterocycles. The molecule has 9 heteroatoms. The van der Waals surface area contributed by atoms with Gasteiger partial charge < -0.3 is 28.8 Å². The summed E-state index contributed by atoms with van der Waals surface area (Å²) in [6.07, 6.45) is -2.70. The van der Waals surface area contributed by atoms with Gasteiger partial charge in [0.1, 0.15) is 17.1 Å². The summed E-state index contributed by atoms with van der Waals surface area (Å²) in [6.45, 7) is 1.92. The van der Waals surface area contributed by atoms with E-state index in [-0.39, 0.29) is 17.0 Å². The summed E-state index contributed by atoms with van der Waals surface area (Å²) in [4.78, 5) is 22.7. The molecule has 2 N–H and O–H groups in total. The molecule has 154 valence electrons. The maximum absolute atomic E-state index is 13.5. The zero-order valence-electron chi connectivity index (χ0n) is 15.9. The molecule has 3 aromatic heterocycles. The summed E-state index contributed by atoms with van der Waals surface area (Å²) in [5.41, 5.74) is 3.27. The van der Waals surface area contributed by atoms with Crippen LogP contribution in [0.15, 0.2) is 36.4 Å². The van der Waals surface area contributed by atoms with E-state index in [1.54, 1.807) is 22.6 Å². The summed E-state index contributed by atoms with van der Waals surface area (Å²) in [5, 5.41) is 18.5. The number of aryl methyl sites for hydroxylation is 1. The minimum absolute atomic E-state index is 0.262. The summed E-state index contributed by atoms with van der Waals surface area (Å²) in [6, 6.07) is 8.98. The first-order chi connectivity index (χ1) is 14.3. The van der Waals surface area contributed by atoms with Crippen molar-refractivity contribution >= 4 is 28.9 Å². The van der Waals surface area contributed by atoms with Crippen molar-refractivity contribution < 1.29 is 38.4 Å². The maximum Gasteiger partial charge on any atom is 0.511 e. The minimum atomic E-state index is -1.63. The first kappa shape index (κ1) is 19.3. The van der Waals surface area contributed by atoms with Crippen LogP contribution in [-0.2, 0) is 6.42 Å².